The van der Waals surface area contributed by atoms with E-state index in [4.69, 9.17) is 5.73 Å². The second-order valence-electron chi connectivity index (χ2n) is 4.55. The van der Waals surface area contributed by atoms with E-state index in [0.29, 0.717) is 30.1 Å². The summed E-state index contributed by atoms with van der Waals surface area (Å²) in [6.45, 7) is 4.38. The van der Waals surface area contributed by atoms with Crippen molar-refractivity contribution in [2.45, 2.75) is 13.0 Å². The zero-order valence-electron chi connectivity index (χ0n) is 11.0. The van der Waals surface area contributed by atoms with Gasteiger partial charge in [0, 0.05) is 13.0 Å². The first kappa shape index (κ1) is 12.3. The number of benzene rings is 1. The zero-order valence-corrected chi connectivity index (χ0v) is 11.0. The Kier molecular flexibility index (Phi) is 3.16. The van der Waals surface area contributed by atoms with Crippen LogP contribution in [0.5, 0.6) is 0 Å². The van der Waals surface area contributed by atoms with E-state index < -0.39 is 0 Å². The lowest BCUT2D eigenvalue weighted by molar-refractivity contribution is 0.831. The van der Waals surface area contributed by atoms with Gasteiger partial charge in [-0.25, -0.2) is 15.0 Å². The molecule has 0 aliphatic rings. The maximum Gasteiger partial charge on any atom is 0.166 e. The molecule has 0 aliphatic carbocycles. The number of anilines is 1. The van der Waals surface area contributed by atoms with Gasteiger partial charge in [0.15, 0.2) is 11.5 Å². The minimum absolute atomic E-state index is 0.420. The van der Waals surface area contributed by atoms with Crippen LogP contribution in [0.25, 0.3) is 11.2 Å². The Hall–Kier alpha value is -2.69. The van der Waals surface area contributed by atoms with Gasteiger partial charge in [0.25, 0.3) is 0 Å². The highest BCUT2D eigenvalue weighted by Crippen LogP contribution is 2.17. The Labute approximate surface area is 116 Å². The molecular formula is C15H15N5. The van der Waals surface area contributed by atoms with Gasteiger partial charge >= 0.3 is 0 Å². The maximum atomic E-state index is 5.97. The largest absolute Gasteiger partial charge is 0.382 e. The number of aromatic nitrogens is 4. The summed E-state index contributed by atoms with van der Waals surface area (Å²) < 4.78 is 1.91. The van der Waals surface area contributed by atoms with E-state index in [1.807, 2.05) is 34.9 Å². The Morgan fingerprint density at radius 3 is 2.75 bits per heavy atom. The number of nitrogen functional groups attached to an aromatic ring is 1. The normalized spacial score (nSPS) is 10.8. The predicted octanol–water partition coefficient (Wildman–Crippen LogP) is 2.19. The van der Waals surface area contributed by atoms with E-state index in [1.54, 1.807) is 12.4 Å². The van der Waals surface area contributed by atoms with Gasteiger partial charge in [-0.15, -0.1) is 6.58 Å². The molecule has 0 unspecified atom stereocenters. The lowest BCUT2D eigenvalue weighted by Crippen LogP contribution is -2.04. The molecule has 3 aromatic rings. The SMILES string of the molecule is C=CCn1cnc2c(N)nc(Cc3ccccc3)nc21. The van der Waals surface area contributed by atoms with E-state index >= 15 is 0 Å². The minimum Gasteiger partial charge on any atom is -0.382 e. The highest BCUT2D eigenvalue weighted by Gasteiger charge is 2.10. The van der Waals surface area contributed by atoms with Crippen molar-refractivity contribution in [3.05, 3.63) is 60.7 Å². The number of fused-ring (bicyclic) bond motifs is 1. The molecule has 0 spiro atoms. The number of nitrogens with two attached hydrogens (primary N) is 1. The summed E-state index contributed by atoms with van der Waals surface area (Å²) in [6, 6.07) is 10.1. The molecule has 1 aromatic carbocycles. The molecule has 2 aromatic heterocycles. The number of rotatable bonds is 4. The van der Waals surface area contributed by atoms with Crippen molar-refractivity contribution >= 4 is 17.0 Å². The first-order chi connectivity index (χ1) is 9.78. The van der Waals surface area contributed by atoms with Crippen molar-refractivity contribution in [2.24, 2.45) is 0 Å². The van der Waals surface area contributed by atoms with E-state index in [9.17, 15) is 0 Å². The molecule has 100 valence electrons. The molecule has 2 heterocycles. The summed E-state index contributed by atoms with van der Waals surface area (Å²) in [5.41, 5.74) is 8.52. The number of nitrogens with zero attached hydrogens (tertiary/aromatic N) is 4. The third kappa shape index (κ3) is 2.25. The quantitative estimate of drug-likeness (QED) is 0.734. The fraction of sp³-hybridized carbons (Fsp3) is 0.133. The monoisotopic (exact) mass is 265 g/mol. The van der Waals surface area contributed by atoms with Gasteiger partial charge in [-0.05, 0) is 5.56 Å². The van der Waals surface area contributed by atoms with Crippen LogP contribution in [0.1, 0.15) is 11.4 Å². The fourth-order valence-electron chi connectivity index (χ4n) is 2.14. The van der Waals surface area contributed by atoms with Gasteiger partial charge in [-0.1, -0.05) is 36.4 Å². The summed E-state index contributed by atoms with van der Waals surface area (Å²) in [5, 5.41) is 0. The average molecular weight is 265 g/mol. The van der Waals surface area contributed by atoms with Crippen LogP contribution in [0.2, 0.25) is 0 Å². The second kappa shape index (κ2) is 5.13. The first-order valence-electron chi connectivity index (χ1n) is 6.40. The molecule has 0 amide bonds. The van der Waals surface area contributed by atoms with E-state index in [0.717, 1.165) is 11.2 Å². The molecule has 2 N–H and O–H groups in total. The molecule has 0 atom stereocenters. The average Bonchev–Trinajstić information content (AvgIpc) is 2.84. The summed E-state index contributed by atoms with van der Waals surface area (Å²) in [4.78, 5) is 13.2. The van der Waals surface area contributed by atoms with Crippen molar-refractivity contribution < 1.29 is 0 Å². The van der Waals surface area contributed by atoms with Crippen LogP contribution < -0.4 is 5.73 Å². The Morgan fingerprint density at radius 2 is 2.00 bits per heavy atom. The third-order valence-corrected chi connectivity index (χ3v) is 3.07. The fourth-order valence-corrected chi connectivity index (χ4v) is 2.14. The molecule has 0 radical (unpaired) electrons. The topological polar surface area (TPSA) is 69.6 Å². The highest BCUT2D eigenvalue weighted by atomic mass is 15.1. The van der Waals surface area contributed by atoms with Gasteiger partial charge < -0.3 is 10.3 Å². The van der Waals surface area contributed by atoms with Crippen LogP contribution in [0.3, 0.4) is 0 Å². The molecule has 0 aliphatic heterocycles. The minimum atomic E-state index is 0.420. The van der Waals surface area contributed by atoms with Gasteiger partial charge in [-0.3, -0.25) is 0 Å². The maximum absolute atomic E-state index is 5.97. The standard InChI is InChI=1S/C15H15N5/c1-2-8-20-10-17-13-14(16)18-12(19-15(13)20)9-11-6-4-3-5-7-11/h2-7,10H,1,8-9H2,(H2,16,18,19). The van der Waals surface area contributed by atoms with Crippen LogP contribution >= 0.6 is 0 Å². The van der Waals surface area contributed by atoms with Crippen molar-refractivity contribution in [3.8, 4) is 0 Å². The summed E-state index contributed by atoms with van der Waals surface area (Å²) in [7, 11) is 0. The zero-order chi connectivity index (χ0) is 13.9. The van der Waals surface area contributed by atoms with E-state index in [1.165, 1.54) is 0 Å². The van der Waals surface area contributed by atoms with Crippen LogP contribution in [0.4, 0.5) is 5.82 Å². The highest BCUT2D eigenvalue weighted by molar-refractivity contribution is 5.81. The molecule has 0 saturated heterocycles. The molecular weight excluding hydrogens is 250 g/mol. The van der Waals surface area contributed by atoms with Crippen molar-refractivity contribution in [3.63, 3.8) is 0 Å². The lowest BCUT2D eigenvalue weighted by Gasteiger charge is -2.04. The predicted molar refractivity (Wildman–Crippen MR) is 79.2 cm³/mol. The molecule has 5 nitrogen and oxygen atoms in total. The molecule has 20 heavy (non-hydrogen) atoms. The number of hydrogen-bond acceptors (Lipinski definition) is 4. The van der Waals surface area contributed by atoms with Crippen LogP contribution in [-0.4, -0.2) is 19.5 Å². The van der Waals surface area contributed by atoms with Crippen molar-refractivity contribution in [1.29, 1.82) is 0 Å². The van der Waals surface area contributed by atoms with E-state index in [-0.39, 0.29) is 0 Å². The summed E-state index contributed by atoms with van der Waals surface area (Å²) in [5.74, 6) is 1.12. The van der Waals surface area contributed by atoms with Gasteiger partial charge in [-0.2, -0.15) is 0 Å². The molecule has 5 heteroatoms. The van der Waals surface area contributed by atoms with E-state index in [2.05, 4.69) is 21.5 Å². The van der Waals surface area contributed by atoms with Crippen molar-refractivity contribution in [1.82, 2.24) is 19.5 Å². The van der Waals surface area contributed by atoms with Crippen LogP contribution in [0.15, 0.2) is 49.3 Å². The number of imidazole rings is 1. The Morgan fingerprint density at radius 1 is 1.20 bits per heavy atom. The summed E-state index contributed by atoms with van der Waals surface area (Å²) >= 11 is 0. The molecule has 0 bridgehead atoms. The van der Waals surface area contributed by atoms with Crippen molar-refractivity contribution in [2.75, 3.05) is 5.73 Å². The smallest absolute Gasteiger partial charge is 0.166 e. The Bertz CT molecular complexity index is 746. The third-order valence-electron chi connectivity index (χ3n) is 3.07. The number of hydrogen-bond donors (Lipinski definition) is 1. The van der Waals surface area contributed by atoms with Gasteiger partial charge in [0.05, 0.1) is 6.33 Å². The summed E-state index contributed by atoms with van der Waals surface area (Å²) in [6.07, 6.45) is 4.17. The Balaban J connectivity index is 2.03. The van der Waals surface area contributed by atoms with Crippen LogP contribution in [-0.2, 0) is 13.0 Å². The molecule has 3 rings (SSSR count). The van der Waals surface area contributed by atoms with Crippen LogP contribution in [0, 0.1) is 0 Å². The number of allylic oxidation sites excluding steroid dienone is 1. The van der Waals surface area contributed by atoms with Gasteiger partial charge in [0.2, 0.25) is 0 Å². The molecule has 0 saturated carbocycles. The van der Waals surface area contributed by atoms with Gasteiger partial charge in [0.1, 0.15) is 11.3 Å². The molecule has 0 fully saturated rings. The second-order valence-corrected chi connectivity index (χ2v) is 4.55. The first-order valence-corrected chi connectivity index (χ1v) is 6.40. The lowest BCUT2D eigenvalue weighted by atomic mass is 10.1.